The lowest BCUT2D eigenvalue weighted by Gasteiger charge is -2.24. The number of amides is 3. The van der Waals surface area contributed by atoms with E-state index >= 15 is 0 Å². The molecule has 0 unspecified atom stereocenters. The Morgan fingerprint density at radius 2 is 1.92 bits per heavy atom. The van der Waals surface area contributed by atoms with Crippen LogP contribution < -0.4 is 10.6 Å². The van der Waals surface area contributed by atoms with Gasteiger partial charge in [-0.25, -0.2) is 4.79 Å². The number of hydrogen-bond donors (Lipinski definition) is 2. The molecule has 26 heavy (non-hydrogen) atoms. The van der Waals surface area contributed by atoms with Crippen molar-refractivity contribution >= 4 is 29.2 Å². The normalized spacial score (nSPS) is 16.3. The third-order valence-electron chi connectivity index (χ3n) is 4.45. The van der Waals surface area contributed by atoms with Crippen LogP contribution in [0.4, 0.5) is 10.5 Å². The second kappa shape index (κ2) is 8.72. The van der Waals surface area contributed by atoms with Gasteiger partial charge in [0.15, 0.2) is 0 Å². The van der Waals surface area contributed by atoms with E-state index < -0.39 is 6.04 Å². The molecule has 5 nitrogen and oxygen atoms in total. The Hall–Kier alpha value is -2.53. The number of urea groups is 1. The Bertz CT molecular complexity index is 767. The van der Waals surface area contributed by atoms with Crippen molar-refractivity contribution in [1.82, 2.24) is 10.2 Å². The highest BCUT2D eigenvalue weighted by molar-refractivity contribution is 6.30. The lowest BCUT2D eigenvalue weighted by Crippen LogP contribution is -2.47. The number of hydrogen-bond acceptors (Lipinski definition) is 2. The van der Waals surface area contributed by atoms with Gasteiger partial charge < -0.3 is 15.5 Å². The van der Waals surface area contributed by atoms with E-state index in [9.17, 15) is 9.59 Å². The Kier molecular flexibility index (Phi) is 6.12. The first-order valence-electron chi connectivity index (χ1n) is 8.78. The smallest absolute Gasteiger partial charge is 0.322 e. The highest BCUT2D eigenvalue weighted by atomic mass is 35.5. The van der Waals surface area contributed by atoms with Crippen molar-refractivity contribution in [2.24, 2.45) is 0 Å². The van der Waals surface area contributed by atoms with Gasteiger partial charge in [0, 0.05) is 23.8 Å². The second-order valence-corrected chi connectivity index (χ2v) is 6.75. The minimum atomic E-state index is -0.426. The molecule has 6 heteroatoms. The van der Waals surface area contributed by atoms with Gasteiger partial charge in [0.25, 0.3) is 0 Å². The SMILES string of the molecule is O=C(NCCc1ccccc1)[C@@H]1CCCN1C(=O)Nc1cccc(Cl)c1. The maximum Gasteiger partial charge on any atom is 0.322 e. The molecule has 0 aliphatic carbocycles. The molecular formula is C20H22ClN3O2. The van der Waals surface area contributed by atoms with Crippen LogP contribution in [0.5, 0.6) is 0 Å². The first kappa shape index (κ1) is 18.3. The first-order chi connectivity index (χ1) is 12.6. The molecule has 0 saturated carbocycles. The number of halogens is 1. The van der Waals surface area contributed by atoms with E-state index in [1.54, 1.807) is 29.2 Å². The Morgan fingerprint density at radius 3 is 2.69 bits per heavy atom. The van der Waals surface area contributed by atoms with Gasteiger partial charge in [-0.3, -0.25) is 4.79 Å². The molecule has 1 aliphatic heterocycles. The Balaban J connectivity index is 1.53. The van der Waals surface area contributed by atoms with Crippen molar-refractivity contribution in [3.05, 3.63) is 65.2 Å². The number of rotatable bonds is 5. The summed E-state index contributed by atoms with van der Waals surface area (Å²) in [4.78, 5) is 26.6. The molecule has 1 atom stereocenters. The molecule has 1 aliphatic rings. The molecule has 136 valence electrons. The maximum absolute atomic E-state index is 12.5. The van der Waals surface area contributed by atoms with Gasteiger partial charge in [-0.05, 0) is 43.0 Å². The molecule has 0 radical (unpaired) electrons. The predicted molar refractivity (Wildman–Crippen MR) is 103 cm³/mol. The molecule has 0 spiro atoms. The first-order valence-corrected chi connectivity index (χ1v) is 9.16. The molecule has 1 saturated heterocycles. The summed E-state index contributed by atoms with van der Waals surface area (Å²) < 4.78 is 0. The number of likely N-dealkylation sites (tertiary alicyclic amines) is 1. The minimum absolute atomic E-state index is 0.0975. The summed E-state index contributed by atoms with van der Waals surface area (Å²) >= 11 is 5.95. The van der Waals surface area contributed by atoms with Gasteiger partial charge in [-0.15, -0.1) is 0 Å². The molecule has 1 heterocycles. The van der Waals surface area contributed by atoms with Crippen molar-refractivity contribution in [3.63, 3.8) is 0 Å². The predicted octanol–water partition coefficient (Wildman–Crippen LogP) is 3.70. The van der Waals surface area contributed by atoms with Crippen molar-refractivity contribution in [2.45, 2.75) is 25.3 Å². The topological polar surface area (TPSA) is 61.4 Å². The minimum Gasteiger partial charge on any atom is -0.354 e. The Morgan fingerprint density at radius 1 is 1.12 bits per heavy atom. The third kappa shape index (κ3) is 4.76. The molecule has 2 aromatic rings. The van der Waals surface area contributed by atoms with Crippen LogP contribution in [-0.2, 0) is 11.2 Å². The van der Waals surface area contributed by atoms with Crippen LogP contribution in [0.2, 0.25) is 5.02 Å². The fourth-order valence-electron chi connectivity index (χ4n) is 3.14. The van der Waals surface area contributed by atoms with E-state index in [1.165, 1.54) is 5.56 Å². The molecule has 3 amide bonds. The summed E-state index contributed by atoms with van der Waals surface area (Å²) in [6.45, 7) is 1.13. The number of carbonyl (C=O) groups is 2. The van der Waals surface area contributed by atoms with Crippen molar-refractivity contribution < 1.29 is 9.59 Å². The van der Waals surface area contributed by atoms with Gasteiger partial charge in [0.2, 0.25) is 5.91 Å². The number of benzene rings is 2. The van der Waals surface area contributed by atoms with Crippen LogP contribution in [0.25, 0.3) is 0 Å². The highest BCUT2D eigenvalue weighted by Crippen LogP contribution is 2.20. The fourth-order valence-corrected chi connectivity index (χ4v) is 3.33. The third-order valence-corrected chi connectivity index (χ3v) is 4.68. The molecule has 3 rings (SSSR count). The van der Waals surface area contributed by atoms with Gasteiger partial charge in [0.05, 0.1) is 0 Å². The second-order valence-electron chi connectivity index (χ2n) is 6.32. The Labute approximate surface area is 158 Å². The van der Waals surface area contributed by atoms with Crippen LogP contribution in [0, 0.1) is 0 Å². The van der Waals surface area contributed by atoms with Crippen molar-refractivity contribution in [1.29, 1.82) is 0 Å². The van der Waals surface area contributed by atoms with Crippen LogP contribution in [0.15, 0.2) is 54.6 Å². The lowest BCUT2D eigenvalue weighted by atomic mass is 10.1. The van der Waals surface area contributed by atoms with Crippen molar-refractivity contribution in [2.75, 3.05) is 18.4 Å². The summed E-state index contributed by atoms with van der Waals surface area (Å²) in [5, 5.41) is 6.32. The van der Waals surface area contributed by atoms with E-state index in [-0.39, 0.29) is 11.9 Å². The van der Waals surface area contributed by atoms with Crippen LogP contribution in [-0.4, -0.2) is 36.0 Å². The average molecular weight is 372 g/mol. The fraction of sp³-hybridized carbons (Fsp3) is 0.300. The summed E-state index contributed by atoms with van der Waals surface area (Å²) in [5.41, 5.74) is 1.80. The molecule has 2 N–H and O–H groups in total. The van der Waals surface area contributed by atoms with E-state index in [4.69, 9.17) is 11.6 Å². The average Bonchev–Trinajstić information content (AvgIpc) is 3.12. The quantitative estimate of drug-likeness (QED) is 0.841. The van der Waals surface area contributed by atoms with E-state index in [1.807, 2.05) is 30.3 Å². The number of anilines is 1. The number of carbonyl (C=O) groups excluding carboxylic acids is 2. The molecular weight excluding hydrogens is 350 g/mol. The monoisotopic (exact) mass is 371 g/mol. The number of nitrogens with one attached hydrogen (secondary N) is 2. The highest BCUT2D eigenvalue weighted by Gasteiger charge is 2.33. The molecule has 0 bridgehead atoms. The van der Waals surface area contributed by atoms with E-state index in [0.717, 1.165) is 12.8 Å². The molecule has 1 fully saturated rings. The van der Waals surface area contributed by atoms with Crippen LogP contribution in [0.1, 0.15) is 18.4 Å². The zero-order valence-electron chi connectivity index (χ0n) is 14.5. The largest absolute Gasteiger partial charge is 0.354 e. The summed E-state index contributed by atoms with van der Waals surface area (Å²) in [7, 11) is 0. The zero-order chi connectivity index (χ0) is 18.4. The lowest BCUT2D eigenvalue weighted by molar-refractivity contribution is -0.124. The van der Waals surface area contributed by atoms with Gasteiger partial charge in [-0.1, -0.05) is 48.0 Å². The number of nitrogens with zero attached hydrogens (tertiary/aromatic N) is 1. The summed E-state index contributed by atoms with van der Waals surface area (Å²) in [6, 6.07) is 16.3. The van der Waals surface area contributed by atoms with E-state index in [2.05, 4.69) is 10.6 Å². The van der Waals surface area contributed by atoms with Crippen LogP contribution >= 0.6 is 11.6 Å². The molecule has 0 aromatic heterocycles. The molecule has 2 aromatic carbocycles. The zero-order valence-corrected chi connectivity index (χ0v) is 15.2. The summed E-state index contributed by atoms with van der Waals surface area (Å²) in [6.07, 6.45) is 2.27. The van der Waals surface area contributed by atoms with Gasteiger partial charge >= 0.3 is 6.03 Å². The van der Waals surface area contributed by atoms with Crippen molar-refractivity contribution in [3.8, 4) is 0 Å². The maximum atomic E-state index is 12.5. The standard InChI is InChI=1S/C20H22ClN3O2/c21-16-8-4-9-17(14-16)23-20(26)24-13-5-10-18(24)19(25)22-12-11-15-6-2-1-3-7-15/h1-4,6-9,14,18H,5,10-13H2,(H,22,25)(H,23,26)/t18-/m0/s1. The van der Waals surface area contributed by atoms with Crippen LogP contribution in [0.3, 0.4) is 0 Å². The van der Waals surface area contributed by atoms with Gasteiger partial charge in [-0.2, -0.15) is 0 Å². The summed E-state index contributed by atoms with van der Waals surface area (Å²) in [5.74, 6) is -0.0975. The van der Waals surface area contributed by atoms with E-state index in [0.29, 0.717) is 30.2 Å². The van der Waals surface area contributed by atoms with Gasteiger partial charge in [0.1, 0.15) is 6.04 Å².